The van der Waals surface area contributed by atoms with Crippen molar-refractivity contribution in [2.75, 3.05) is 50.7 Å². The second-order valence-electron chi connectivity index (χ2n) is 10.8. The van der Waals surface area contributed by atoms with Crippen LogP contribution in [0.4, 0.5) is 5.69 Å². The minimum Gasteiger partial charge on any atom is -0.371 e. The van der Waals surface area contributed by atoms with Crippen LogP contribution in [-0.2, 0) is 9.59 Å². The van der Waals surface area contributed by atoms with Crippen molar-refractivity contribution < 1.29 is 28.8 Å². The normalized spacial score (nSPS) is 21.8. The van der Waals surface area contributed by atoms with E-state index in [2.05, 4.69) is 15.1 Å². The van der Waals surface area contributed by atoms with Crippen LogP contribution in [0.1, 0.15) is 54.3 Å². The van der Waals surface area contributed by atoms with Gasteiger partial charge < -0.3 is 9.80 Å². The first-order valence-corrected chi connectivity index (χ1v) is 13.5. The van der Waals surface area contributed by atoms with Gasteiger partial charge in [0, 0.05) is 75.0 Å². The summed E-state index contributed by atoms with van der Waals surface area (Å²) >= 11 is 0. The maximum absolute atomic E-state index is 13.1. The van der Waals surface area contributed by atoms with E-state index in [4.69, 9.17) is 0 Å². The molecule has 2 aromatic rings. The molecule has 40 heavy (non-hydrogen) atoms. The van der Waals surface area contributed by atoms with Crippen molar-refractivity contribution in [3.63, 3.8) is 0 Å². The number of anilines is 1. The van der Waals surface area contributed by atoms with E-state index < -0.39 is 29.7 Å². The number of hydrogen-bond donors (Lipinski definition) is 1. The molecule has 0 aliphatic carbocycles. The van der Waals surface area contributed by atoms with Gasteiger partial charge >= 0.3 is 0 Å². The molecule has 0 bridgehead atoms. The highest BCUT2D eigenvalue weighted by Gasteiger charge is 2.45. The molecule has 5 amide bonds. The minimum absolute atomic E-state index is 0.0206. The summed E-state index contributed by atoms with van der Waals surface area (Å²) in [5.74, 6) is -1.59. The van der Waals surface area contributed by atoms with Crippen LogP contribution in [-0.4, -0.2) is 102 Å². The van der Waals surface area contributed by atoms with Gasteiger partial charge in [-0.05, 0) is 36.8 Å². The number of rotatable bonds is 6. The number of nitrogens with zero attached hydrogens (tertiary/aromatic N) is 4. The first-order valence-electron chi connectivity index (χ1n) is 13.5. The van der Waals surface area contributed by atoms with Crippen molar-refractivity contribution in [1.82, 2.24) is 20.0 Å². The van der Waals surface area contributed by atoms with E-state index in [1.54, 1.807) is 36.4 Å². The third kappa shape index (κ3) is 4.66. The summed E-state index contributed by atoms with van der Waals surface area (Å²) in [6, 6.07) is 10.9. The van der Waals surface area contributed by atoms with Crippen LogP contribution < -0.4 is 10.2 Å². The smallest absolute Gasteiger partial charge is 0.262 e. The molecule has 4 heterocycles. The Balaban J connectivity index is 1.01. The quantitative estimate of drug-likeness (QED) is 0.419. The molecule has 0 spiro atoms. The highest BCUT2D eigenvalue weighted by molar-refractivity contribution is 6.23. The van der Waals surface area contributed by atoms with Gasteiger partial charge in [-0.15, -0.1) is 0 Å². The van der Waals surface area contributed by atoms with Crippen molar-refractivity contribution in [3.05, 3.63) is 64.7 Å². The molecule has 2 aromatic carbocycles. The Kier molecular flexibility index (Phi) is 6.67. The number of piperazine rings is 1. The Bertz CT molecular complexity index is 1410. The lowest BCUT2D eigenvalue weighted by molar-refractivity contribution is -0.136. The van der Waals surface area contributed by atoms with Gasteiger partial charge in [-0.25, -0.2) is 0 Å². The topological polar surface area (TPSA) is 127 Å². The molecule has 1 atom stereocenters. The largest absolute Gasteiger partial charge is 0.371 e. The number of nitrogens with one attached hydrogen (secondary N) is 1. The summed E-state index contributed by atoms with van der Waals surface area (Å²) in [6.45, 7) is 5.43. The van der Waals surface area contributed by atoms with Crippen molar-refractivity contribution in [2.45, 2.75) is 18.9 Å². The van der Waals surface area contributed by atoms with Gasteiger partial charge in [-0.3, -0.25) is 43.9 Å². The van der Waals surface area contributed by atoms with Gasteiger partial charge in [-0.1, -0.05) is 12.1 Å². The molecule has 4 aliphatic heterocycles. The third-order valence-electron chi connectivity index (χ3n) is 8.22. The number of aldehydes is 1. The zero-order chi connectivity index (χ0) is 28.0. The fourth-order valence-electron chi connectivity index (χ4n) is 5.94. The summed E-state index contributed by atoms with van der Waals surface area (Å²) in [7, 11) is 0. The lowest BCUT2D eigenvalue weighted by Crippen LogP contribution is -2.55. The summed E-state index contributed by atoms with van der Waals surface area (Å²) in [5, 5.41) is 2.21. The van der Waals surface area contributed by atoms with E-state index in [-0.39, 0.29) is 29.9 Å². The van der Waals surface area contributed by atoms with Gasteiger partial charge in [0.2, 0.25) is 11.8 Å². The summed E-state index contributed by atoms with van der Waals surface area (Å²) in [4.78, 5) is 80.8. The molecule has 1 unspecified atom stereocenters. The molecular weight excluding hydrogens is 514 g/mol. The zero-order valence-corrected chi connectivity index (χ0v) is 21.9. The molecule has 0 radical (unpaired) electrons. The van der Waals surface area contributed by atoms with E-state index in [1.807, 2.05) is 11.0 Å². The molecular formula is C29H29N5O6. The second kappa shape index (κ2) is 10.3. The summed E-state index contributed by atoms with van der Waals surface area (Å²) in [6.07, 6.45) is 0.983. The number of fused-ring (bicyclic) bond motifs is 1. The Hall–Kier alpha value is -4.38. The average Bonchev–Trinajstić information content (AvgIpc) is 3.19. The first kappa shape index (κ1) is 25.9. The van der Waals surface area contributed by atoms with Gasteiger partial charge in [-0.2, -0.15) is 0 Å². The fourth-order valence-corrected chi connectivity index (χ4v) is 5.94. The molecule has 11 nitrogen and oxygen atoms in total. The highest BCUT2D eigenvalue weighted by Crippen LogP contribution is 2.33. The number of benzene rings is 2. The predicted molar refractivity (Wildman–Crippen MR) is 143 cm³/mol. The number of imide groups is 2. The average molecular weight is 544 g/mol. The molecule has 1 N–H and O–H groups in total. The van der Waals surface area contributed by atoms with Crippen LogP contribution in [0.3, 0.4) is 0 Å². The van der Waals surface area contributed by atoms with Crippen molar-refractivity contribution >= 4 is 41.5 Å². The lowest BCUT2D eigenvalue weighted by atomic mass is 9.97. The van der Waals surface area contributed by atoms with E-state index in [0.29, 0.717) is 30.1 Å². The Labute approximate surface area is 230 Å². The lowest BCUT2D eigenvalue weighted by Gasteiger charge is -2.45. The Morgan fingerprint density at radius 1 is 0.900 bits per heavy atom. The SMILES string of the molecule is O=Cc1ccc(C(=O)N2CCN(CC3CN(c4ccc5c(c4)C(=O)N(C4CCC(=O)NC4=O)C5=O)C3)CC2)cc1. The number of amides is 5. The van der Waals surface area contributed by atoms with E-state index >= 15 is 0 Å². The maximum Gasteiger partial charge on any atom is 0.262 e. The van der Waals surface area contributed by atoms with Gasteiger partial charge in [0.1, 0.15) is 12.3 Å². The van der Waals surface area contributed by atoms with Crippen LogP contribution in [0.15, 0.2) is 42.5 Å². The highest BCUT2D eigenvalue weighted by atomic mass is 16.2. The Morgan fingerprint density at radius 3 is 2.27 bits per heavy atom. The van der Waals surface area contributed by atoms with Crippen LogP contribution in [0.2, 0.25) is 0 Å². The number of carbonyl (C=O) groups is 6. The molecule has 3 fully saturated rings. The zero-order valence-electron chi connectivity index (χ0n) is 21.9. The van der Waals surface area contributed by atoms with Gasteiger partial charge in [0.25, 0.3) is 17.7 Å². The van der Waals surface area contributed by atoms with Crippen LogP contribution >= 0.6 is 0 Å². The molecule has 4 aliphatic rings. The van der Waals surface area contributed by atoms with Gasteiger partial charge in [0.05, 0.1) is 11.1 Å². The standard InChI is InChI=1S/C29H29N5O6/c35-17-18-1-3-20(4-2-18)27(38)32-11-9-31(10-12-32)14-19-15-33(16-19)21-5-6-22-23(13-21)29(40)34(28(22)39)24-7-8-25(36)30-26(24)37/h1-6,13,17,19,24H,7-12,14-16H2,(H,30,36,37). The van der Waals surface area contributed by atoms with Crippen molar-refractivity contribution in [2.24, 2.45) is 5.92 Å². The molecule has 11 heteroatoms. The number of hydrogen-bond acceptors (Lipinski definition) is 8. The Morgan fingerprint density at radius 2 is 1.60 bits per heavy atom. The van der Waals surface area contributed by atoms with Gasteiger partial charge in [0.15, 0.2) is 0 Å². The predicted octanol–water partition coefficient (Wildman–Crippen LogP) is 0.795. The maximum atomic E-state index is 13.1. The van der Waals surface area contributed by atoms with E-state index in [9.17, 15) is 28.8 Å². The monoisotopic (exact) mass is 543 g/mol. The second-order valence-corrected chi connectivity index (χ2v) is 10.8. The summed E-state index contributed by atoms with van der Waals surface area (Å²) < 4.78 is 0. The molecule has 0 aromatic heterocycles. The van der Waals surface area contributed by atoms with Crippen LogP contribution in [0.25, 0.3) is 0 Å². The fraction of sp³-hybridized carbons (Fsp3) is 0.379. The van der Waals surface area contributed by atoms with Crippen molar-refractivity contribution in [3.8, 4) is 0 Å². The van der Waals surface area contributed by atoms with Crippen LogP contribution in [0, 0.1) is 5.92 Å². The molecule has 3 saturated heterocycles. The van der Waals surface area contributed by atoms with Crippen molar-refractivity contribution in [1.29, 1.82) is 0 Å². The number of carbonyl (C=O) groups excluding carboxylic acids is 6. The van der Waals surface area contributed by atoms with E-state index in [1.165, 1.54) is 0 Å². The van der Waals surface area contributed by atoms with Crippen LogP contribution in [0.5, 0.6) is 0 Å². The number of piperidine rings is 1. The molecule has 206 valence electrons. The molecule has 0 saturated carbocycles. The third-order valence-corrected chi connectivity index (χ3v) is 8.22. The van der Waals surface area contributed by atoms with E-state index in [0.717, 1.165) is 49.6 Å². The minimum atomic E-state index is -0.972. The summed E-state index contributed by atoms with van der Waals surface area (Å²) in [5.41, 5.74) is 2.56. The molecule has 6 rings (SSSR count). The first-order chi connectivity index (χ1) is 19.3.